The maximum atomic E-state index is 14.3. The molecule has 0 bridgehead atoms. The van der Waals surface area contributed by atoms with E-state index in [4.69, 9.17) is 9.47 Å². The third kappa shape index (κ3) is 8.39. The summed E-state index contributed by atoms with van der Waals surface area (Å²) in [6.45, 7) is 1.54. The van der Waals surface area contributed by atoms with E-state index < -0.39 is 40.2 Å². The lowest BCUT2D eigenvalue weighted by Gasteiger charge is -2.33. The van der Waals surface area contributed by atoms with Crippen LogP contribution in [0.15, 0.2) is 108 Å². The number of halogens is 1. The highest BCUT2D eigenvalue weighted by molar-refractivity contribution is 7.92. The van der Waals surface area contributed by atoms with E-state index in [0.717, 1.165) is 22.0 Å². The van der Waals surface area contributed by atoms with Gasteiger partial charge in [-0.25, -0.2) is 12.8 Å². The largest absolute Gasteiger partial charge is 0.497 e. The Hall–Kier alpha value is -4.90. The van der Waals surface area contributed by atoms with Crippen molar-refractivity contribution >= 4 is 27.5 Å². The SMILES string of the molecule is CCOc1ccc(S(=O)(=O)N(CC(=O)N(Cc2cccc(OC)c2)[C@@H](Cc2ccccc2)C(=O)NC)c2ccc(F)cc2)cc1. The number of rotatable bonds is 14. The third-order valence-corrected chi connectivity index (χ3v) is 8.91. The molecule has 0 aliphatic rings. The molecule has 0 aliphatic carbocycles. The number of ether oxygens (including phenoxy) is 2. The predicted octanol–water partition coefficient (Wildman–Crippen LogP) is 4.81. The van der Waals surface area contributed by atoms with E-state index in [-0.39, 0.29) is 23.5 Å². The minimum Gasteiger partial charge on any atom is -0.497 e. The number of carbonyl (C=O) groups is 2. The molecule has 2 amide bonds. The lowest BCUT2D eigenvalue weighted by atomic mass is 10.0. The van der Waals surface area contributed by atoms with Crippen LogP contribution in [0.25, 0.3) is 0 Å². The van der Waals surface area contributed by atoms with Crippen molar-refractivity contribution in [1.29, 1.82) is 0 Å². The van der Waals surface area contributed by atoms with Gasteiger partial charge in [-0.3, -0.25) is 13.9 Å². The van der Waals surface area contributed by atoms with Crippen LogP contribution in [-0.2, 0) is 32.6 Å². The van der Waals surface area contributed by atoms with Crippen LogP contribution in [0.5, 0.6) is 11.5 Å². The number of likely N-dealkylation sites (N-methyl/N-ethyl adjacent to an activating group) is 1. The van der Waals surface area contributed by atoms with Crippen LogP contribution in [0.1, 0.15) is 18.1 Å². The van der Waals surface area contributed by atoms with Gasteiger partial charge in [-0.15, -0.1) is 0 Å². The fraction of sp³-hybridized carbons (Fsp3) is 0.235. The van der Waals surface area contributed by atoms with Gasteiger partial charge < -0.3 is 19.7 Å². The second-order valence-corrected chi connectivity index (χ2v) is 11.9. The maximum Gasteiger partial charge on any atom is 0.264 e. The second kappa shape index (κ2) is 15.2. The zero-order chi connectivity index (χ0) is 32.4. The van der Waals surface area contributed by atoms with E-state index in [1.54, 1.807) is 24.3 Å². The van der Waals surface area contributed by atoms with Crippen LogP contribution < -0.4 is 19.1 Å². The number of benzene rings is 4. The van der Waals surface area contributed by atoms with Gasteiger partial charge in [0.2, 0.25) is 11.8 Å². The molecule has 4 aromatic rings. The van der Waals surface area contributed by atoms with Gasteiger partial charge in [0.25, 0.3) is 10.0 Å². The van der Waals surface area contributed by atoms with Crippen molar-refractivity contribution in [3.8, 4) is 11.5 Å². The highest BCUT2D eigenvalue weighted by atomic mass is 32.2. The molecular weight excluding hydrogens is 597 g/mol. The molecule has 0 spiro atoms. The smallest absolute Gasteiger partial charge is 0.264 e. The van der Waals surface area contributed by atoms with Crippen LogP contribution >= 0.6 is 0 Å². The van der Waals surface area contributed by atoms with E-state index in [1.807, 2.05) is 37.3 Å². The first kappa shape index (κ1) is 33.0. The molecule has 0 fully saturated rings. The summed E-state index contributed by atoms with van der Waals surface area (Å²) in [4.78, 5) is 29.0. The van der Waals surface area contributed by atoms with E-state index >= 15 is 0 Å². The normalized spacial score (nSPS) is 11.7. The first-order chi connectivity index (χ1) is 21.7. The van der Waals surface area contributed by atoms with Gasteiger partial charge in [-0.05, 0) is 78.7 Å². The highest BCUT2D eigenvalue weighted by Gasteiger charge is 2.34. The van der Waals surface area contributed by atoms with Crippen LogP contribution in [0, 0.1) is 5.82 Å². The highest BCUT2D eigenvalue weighted by Crippen LogP contribution is 2.27. The summed E-state index contributed by atoms with van der Waals surface area (Å²) >= 11 is 0. The molecular formula is C34H36FN3O6S. The molecule has 4 aromatic carbocycles. The lowest BCUT2D eigenvalue weighted by Crippen LogP contribution is -2.53. The Bertz CT molecular complexity index is 1680. The van der Waals surface area contributed by atoms with Gasteiger partial charge in [-0.1, -0.05) is 42.5 Å². The van der Waals surface area contributed by atoms with Crippen molar-refractivity contribution in [3.05, 3.63) is 120 Å². The van der Waals surface area contributed by atoms with E-state index in [0.29, 0.717) is 23.7 Å². The van der Waals surface area contributed by atoms with E-state index in [1.165, 1.54) is 55.5 Å². The van der Waals surface area contributed by atoms with Crippen LogP contribution in [0.4, 0.5) is 10.1 Å². The van der Waals surface area contributed by atoms with Gasteiger partial charge in [-0.2, -0.15) is 0 Å². The standard InChI is InChI=1S/C34H36FN3O6S/c1-4-44-29-17-19-31(20-18-29)45(41,42)38(28-15-13-27(35)14-16-28)24-33(39)37(23-26-11-8-12-30(21-26)43-3)32(34(40)36-2)22-25-9-6-5-7-10-25/h5-21,32H,4,22-24H2,1-3H3,(H,36,40)/t32-/m0/s1. The van der Waals surface area contributed by atoms with Crippen molar-refractivity contribution in [2.45, 2.75) is 30.8 Å². The van der Waals surface area contributed by atoms with Gasteiger partial charge >= 0.3 is 0 Å². The fourth-order valence-corrected chi connectivity index (χ4v) is 6.24. The van der Waals surface area contributed by atoms with Crippen molar-refractivity contribution in [3.63, 3.8) is 0 Å². The average molecular weight is 634 g/mol. The number of hydrogen-bond donors (Lipinski definition) is 1. The Kier molecular flexibility index (Phi) is 11.2. The van der Waals surface area contributed by atoms with Crippen molar-refractivity contribution in [1.82, 2.24) is 10.2 Å². The minimum absolute atomic E-state index is 0.0126. The molecule has 9 nitrogen and oxygen atoms in total. The summed E-state index contributed by atoms with van der Waals surface area (Å²) in [5.74, 6) is -0.574. The maximum absolute atomic E-state index is 14.3. The Morgan fingerprint density at radius 1 is 0.867 bits per heavy atom. The second-order valence-electron chi connectivity index (χ2n) is 10.1. The summed E-state index contributed by atoms with van der Waals surface area (Å²) in [5, 5.41) is 2.65. The molecule has 0 heterocycles. The molecule has 45 heavy (non-hydrogen) atoms. The fourth-order valence-electron chi connectivity index (χ4n) is 4.83. The van der Waals surface area contributed by atoms with Crippen LogP contribution in [0.3, 0.4) is 0 Å². The molecule has 0 aliphatic heterocycles. The molecule has 1 N–H and O–H groups in total. The minimum atomic E-state index is -4.33. The monoisotopic (exact) mass is 633 g/mol. The quantitative estimate of drug-likeness (QED) is 0.214. The zero-order valence-corrected chi connectivity index (χ0v) is 26.2. The van der Waals surface area contributed by atoms with Gasteiger partial charge in [0.15, 0.2) is 0 Å². The van der Waals surface area contributed by atoms with Crippen molar-refractivity contribution in [2.24, 2.45) is 0 Å². The van der Waals surface area contributed by atoms with E-state index in [9.17, 15) is 22.4 Å². The van der Waals surface area contributed by atoms with Gasteiger partial charge in [0, 0.05) is 20.0 Å². The zero-order valence-electron chi connectivity index (χ0n) is 25.4. The number of amides is 2. The number of carbonyl (C=O) groups excluding carboxylic acids is 2. The third-order valence-electron chi connectivity index (χ3n) is 7.12. The van der Waals surface area contributed by atoms with Gasteiger partial charge in [0.05, 0.1) is 24.3 Å². The lowest BCUT2D eigenvalue weighted by molar-refractivity contribution is -0.139. The summed E-state index contributed by atoms with van der Waals surface area (Å²) in [7, 11) is -1.33. The molecule has 11 heteroatoms. The number of nitrogens with zero attached hydrogens (tertiary/aromatic N) is 2. The molecule has 0 saturated heterocycles. The number of sulfonamides is 1. The molecule has 4 rings (SSSR count). The number of nitrogens with one attached hydrogen (secondary N) is 1. The molecule has 0 radical (unpaired) electrons. The number of methoxy groups -OCH3 is 1. The van der Waals surface area contributed by atoms with Crippen LogP contribution in [0.2, 0.25) is 0 Å². The van der Waals surface area contributed by atoms with Crippen molar-refractivity contribution < 1.29 is 31.9 Å². The molecule has 0 unspecified atom stereocenters. The van der Waals surface area contributed by atoms with Crippen LogP contribution in [-0.4, -0.2) is 58.5 Å². The number of hydrogen-bond acceptors (Lipinski definition) is 6. The summed E-state index contributed by atoms with van der Waals surface area (Å²) < 4.78 is 53.8. The van der Waals surface area contributed by atoms with Crippen molar-refractivity contribution in [2.75, 3.05) is 31.6 Å². The Morgan fingerprint density at radius 3 is 2.16 bits per heavy atom. The first-order valence-electron chi connectivity index (χ1n) is 14.3. The molecule has 236 valence electrons. The molecule has 0 saturated carbocycles. The Balaban J connectivity index is 1.78. The topological polar surface area (TPSA) is 105 Å². The molecule has 1 atom stereocenters. The van der Waals surface area contributed by atoms with Gasteiger partial charge in [0.1, 0.15) is 29.9 Å². The average Bonchev–Trinajstić information content (AvgIpc) is 3.06. The molecule has 0 aromatic heterocycles. The predicted molar refractivity (Wildman–Crippen MR) is 170 cm³/mol. The Labute approximate surface area is 263 Å². The summed E-state index contributed by atoms with van der Waals surface area (Å²) in [6, 6.07) is 26.0. The first-order valence-corrected chi connectivity index (χ1v) is 15.8. The number of anilines is 1. The van der Waals surface area contributed by atoms with E-state index in [2.05, 4.69) is 5.32 Å². The summed E-state index contributed by atoms with van der Waals surface area (Å²) in [6.07, 6.45) is 0.179. The Morgan fingerprint density at radius 2 is 1.53 bits per heavy atom. The summed E-state index contributed by atoms with van der Waals surface area (Å²) in [5.41, 5.74) is 1.57.